The van der Waals surface area contributed by atoms with Crippen molar-refractivity contribution >= 4 is 11.8 Å². The topological polar surface area (TPSA) is 0 Å². The third kappa shape index (κ3) is 2.50. The van der Waals surface area contributed by atoms with Crippen molar-refractivity contribution in [3.8, 4) is 0 Å². The fraction of sp³-hybridized carbons (Fsp3) is 0.500. The standard InChI is InChI=1S/C10H11FS.C2H6/c1-7-4-5-12-10-6-8(11)2-3-9(7)10;1-2/h2-3,6-7H,4-5H2,1H3;1-2H3. The molecule has 1 heterocycles. The summed E-state index contributed by atoms with van der Waals surface area (Å²) in [5.74, 6) is 1.61. The Morgan fingerprint density at radius 1 is 1.36 bits per heavy atom. The summed E-state index contributed by atoms with van der Waals surface area (Å²) >= 11 is 1.77. The minimum Gasteiger partial charge on any atom is -0.207 e. The van der Waals surface area contributed by atoms with Gasteiger partial charge in [0, 0.05) is 4.90 Å². The molecule has 1 aromatic carbocycles. The molecule has 14 heavy (non-hydrogen) atoms. The third-order valence-corrected chi connectivity index (χ3v) is 3.42. The second kappa shape index (κ2) is 5.40. The summed E-state index contributed by atoms with van der Waals surface area (Å²) in [4.78, 5) is 1.13. The van der Waals surface area contributed by atoms with E-state index in [1.165, 1.54) is 12.0 Å². The number of benzene rings is 1. The van der Waals surface area contributed by atoms with E-state index in [4.69, 9.17) is 0 Å². The van der Waals surface area contributed by atoms with Crippen molar-refractivity contribution < 1.29 is 4.39 Å². The van der Waals surface area contributed by atoms with Crippen LogP contribution in [0.4, 0.5) is 4.39 Å². The van der Waals surface area contributed by atoms with Crippen LogP contribution >= 0.6 is 11.8 Å². The lowest BCUT2D eigenvalue weighted by atomic mass is 9.98. The molecule has 78 valence electrons. The molecule has 0 spiro atoms. The van der Waals surface area contributed by atoms with Crippen LogP contribution in [0.15, 0.2) is 23.1 Å². The normalized spacial score (nSPS) is 19.3. The zero-order chi connectivity index (χ0) is 10.6. The molecule has 0 fully saturated rings. The lowest BCUT2D eigenvalue weighted by Crippen LogP contribution is -2.03. The highest BCUT2D eigenvalue weighted by Crippen LogP contribution is 2.37. The second-order valence-electron chi connectivity index (χ2n) is 3.22. The zero-order valence-corrected chi connectivity index (χ0v) is 9.83. The van der Waals surface area contributed by atoms with Gasteiger partial charge in [-0.1, -0.05) is 26.8 Å². The number of thioether (sulfide) groups is 1. The van der Waals surface area contributed by atoms with Crippen LogP contribution in [0.5, 0.6) is 0 Å². The van der Waals surface area contributed by atoms with Gasteiger partial charge in [0.1, 0.15) is 5.82 Å². The van der Waals surface area contributed by atoms with E-state index >= 15 is 0 Å². The summed E-state index contributed by atoms with van der Waals surface area (Å²) in [5.41, 5.74) is 1.31. The van der Waals surface area contributed by atoms with Crippen molar-refractivity contribution in [3.63, 3.8) is 0 Å². The molecule has 0 saturated heterocycles. The van der Waals surface area contributed by atoms with Gasteiger partial charge in [0.25, 0.3) is 0 Å². The van der Waals surface area contributed by atoms with Gasteiger partial charge in [-0.25, -0.2) is 4.39 Å². The van der Waals surface area contributed by atoms with Crippen molar-refractivity contribution in [2.45, 2.75) is 38.0 Å². The molecule has 0 amide bonds. The minimum atomic E-state index is -0.115. The van der Waals surface area contributed by atoms with E-state index in [0.717, 1.165) is 10.6 Å². The summed E-state index contributed by atoms with van der Waals surface area (Å²) in [6, 6.07) is 5.12. The quantitative estimate of drug-likeness (QED) is 0.612. The molecule has 1 aliphatic heterocycles. The van der Waals surface area contributed by atoms with Crippen molar-refractivity contribution in [2.24, 2.45) is 0 Å². The highest BCUT2D eigenvalue weighted by atomic mass is 32.2. The van der Waals surface area contributed by atoms with Gasteiger partial charge in [0.2, 0.25) is 0 Å². The van der Waals surface area contributed by atoms with Gasteiger partial charge in [-0.3, -0.25) is 0 Å². The summed E-state index contributed by atoms with van der Waals surface area (Å²) in [6.45, 7) is 6.20. The SMILES string of the molecule is CC.CC1CCSc2cc(F)ccc21. The van der Waals surface area contributed by atoms with Crippen molar-refractivity contribution in [1.82, 2.24) is 0 Å². The second-order valence-corrected chi connectivity index (χ2v) is 4.36. The van der Waals surface area contributed by atoms with Crippen LogP contribution in [0.25, 0.3) is 0 Å². The number of rotatable bonds is 0. The van der Waals surface area contributed by atoms with Crippen LogP contribution in [0.3, 0.4) is 0 Å². The van der Waals surface area contributed by atoms with Gasteiger partial charge in [-0.15, -0.1) is 11.8 Å². The molecule has 2 rings (SSSR count). The van der Waals surface area contributed by atoms with Crippen molar-refractivity contribution in [1.29, 1.82) is 0 Å². The predicted octanol–water partition coefficient (Wildman–Crippen LogP) is 4.45. The summed E-state index contributed by atoms with van der Waals surface area (Å²) in [5, 5.41) is 0. The van der Waals surface area contributed by atoms with E-state index in [1.807, 2.05) is 19.9 Å². The Kier molecular flexibility index (Phi) is 4.46. The molecule has 0 nitrogen and oxygen atoms in total. The number of fused-ring (bicyclic) bond motifs is 1. The molecule has 1 atom stereocenters. The molecular weight excluding hydrogens is 195 g/mol. The molecule has 0 saturated carbocycles. The van der Waals surface area contributed by atoms with Gasteiger partial charge < -0.3 is 0 Å². The van der Waals surface area contributed by atoms with Gasteiger partial charge >= 0.3 is 0 Å². The maximum absolute atomic E-state index is 12.8. The molecule has 0 aliphatic carbocycles. The van der Waals surface area contributed by atoms with Gasteiger partial charge in [0.15, 0.2) is 0 Å². The molecular formula is C12H17FS. The summed E-state index contributed by atoms with van der Waals surface area (Å²) in [6.07, 6.45) is 1.21. The van der Waals surface area contributed by atoms with Gasteiger partial charge in [-0.2, -0.15) is 0 Å². The lowest BCUT2D eigenvalue weighted by Gasteiger charge is -2.21. The predicted molar refractivity (Wildman–Crippen MR) is 61.5 cm³/mol. The zero-order valence-electron chi connectivity index (χ0n) is 9.01. The molecule has 2 heteroatoms. The van der Waals surface area contributed by atoms with E-state index in [9.17, 15) is 4.39 Å². The fourth-order valence-corrected chi connectivity index (χ4v) is 2.86. The Morgan fingerprint density at radius 2 is 2.07 bits per heavy atom. The van der Waals surface area contributed by atoms with Crippen LogP contribution < -0.4 is 0 Å². The van der Waals surface area contributed by atoms with E-state index in [-0.39, 0.29) is 5.82 Å². The number of halogens is 1. The van der Waals surface area contributed by atoms with Crippen molar-refractivity contribution in [3.05, 3.63) is 29.6 Å². The first kappa shape index (κ1) is 11.6. The molecule has 1 aromatic rings. The van der Waals surface area contributed by atoms with Crippen molar-refractivity contribution in [2.75, 3.05) is 5.75 Å². The minimum absolute atomic E-state index is 0.115. The number of hydrogen-bond acceptors (Lipinski definition) is 1. The Hall–Kier alpha value is -0.500. The van der Waals surface area contributed by atoms with Crippen LogP contribution in [0, 0.1) is 5.82 Å². The molecule has 0 bridgehead atoms. The van der Waals surface area contributed by atoms with Crippen LogP contribution in [-0.2, 0) is 0 Å². The average molecular weight is 212 g/mol. The van der Waals surface area contributed by atoms with Gasteiger partial charge in [-0.05, 0) is 35.8 Å². The number of hydrogen-bond donors (Lipinski definition) is 0. The molecule has 1 aliphatic rings. The first-order valence-electron chi connectivity index (χ1n) is 5.19. The first-order valence-corrected chi connectivity index (χ1v) is 6.18. The molecule has 0 N–H and O–H groups in total. The van der Waals surface area contributed by atoms with Crippen LogP contribution in [0.2, 0.25) is 0 Å². The maximum Gasteiger partial charge on any atom is 0.124 e. The van der Waals surface area contributed by atoms with Crippen LogP contribution in [0.1, 0.15) is 38.7 Å². The highest BCUT2D eigenvalue weighted by molar-refractivity contribution is 7.99. The largest absolute Gasteiger partial charge is 0.207 e. The first-order chi connectivity index (χ1) is 6.77. The van der Waals surface area contributed by atoms with E-state index in [1.54, 1.807) is 23.9 Å². The average Bonchev–Trinajstić information content (AvgIpc) is 2.21. The highest BCUT2D eigenvalue weighted by Gasteiger charge is 2.16. The third-order valence-electron chi connectivity index (χ3n) is 2.31. The Morgan fingerprint density at radius 3 is 2.79 bits per heavy atom. The summed E-state index contributed by atoms with van der Waals surface area (Å²) in [7, 11) is 0. The Labute approximate surface area is 89.9 Å². The molecule has 0 aromatic heterocycles. The summed E-state index contributed by atoms with van der Waals surface area (Å²) < 4.78 is 12.8. The fourth-order valence-electron chi connectivity index (χ4n) is 1.54. The van der Waals surface area contributed by atoms with E-state index in [0.29, 0.717) is 5.92 Å². The monoisotopic (exact) mass is 212 g/mol. The molecule has 1 unspecified atom stereocenters. The van der Waals surface area contributed by atoms with E-state index in [2.05, 4.69) is 6.92 Å². The Balaban J connectivity index is 0.000000461. The molecule has 0 radical (unpaired) electrons. The smallest absolute Gasteiger partial charge is 0.124 e. The maximum atomic E-state index is 12.8. The van der Waals surface area contributed by atoms with Gasteiger partial charge in [0.05, 0.1) is 0 Å². The Bertz CT molecular complexity index is 296. The lowest BCUT2D eigenvalue weighted by molar-refractivity contribution is 0.617. The van der Waals surface area contributed by atoms with Crippen LogP contribution in [-0.4, -0.2) is 5.75 Å². The van der Waals surface area contributed by atoms with E-state index < -0.39 is 0 Å².